The van der Waals surface area contributed by atoms with E-state index in [0.29, 0.717) is 5.82 Å². The van der Waals surface area contributed by atoms with Crippen LogP contribution in [0.25, 0.3) is 0 Å². The fourth-order valence-corrected chi connectivity index (χ4v) is 2.29. The number of carbonyl (C=O) groups is 1. The lowest BCUT2D eigenvalue weighted by atomic mass is 10.1. The van der Waals surface area contributed by atoms with E-state index in [1.807, 2.05) is 36.5 Å². The van der Waals surface area contributed by atoms with Gasteiger partial charge in [0.1, 0.15) is 12.4 Å². The SMILES string of the molecule is O=C(NCc1ncc2c(n1)CCNC2)OCc1ccccc1. The molecule has 2 N–H and O–H groups in total. The third-order valence-electron chi connectivity index (χ3n) is 3.46. The van der Waals surface area contributed by atoms with E-state index in [9.17, 15) is 4.79 Å². The molecule has 0 aliphatic carbocycles. The Morgan fingerprint density at radius 3 is 3.05 bits per heavy atom. The van der Waals surface area contributed by atoms with Crippen molar-refractivity contribution in [2.45, 2.75) is 26.1 Å². The smallest absolute Gasteiger partial charge is 0.407 e. The summed E-state index contributed by atoms with van der Waals surface area (Å²) >= 11 is 0. The van der Waals surface area contributed by atoms with E-state index in [-0.39, 0.29) is 13.2 Å². The molecule has 1 aliphatic rings. The molecule has 1 aromatic heterocycles. The first-order chi connectivity index (χ1) is 10.8. The first-order valence-corrected chi connectivity index (χ1v) is 7.30. The molecule has 114 valence electrons. The Balaban J connectivity index is 1.48. The molecule has 22 heavy (non-hydrogen) atoms. The van der Waals surface area contributed by atoms with Crippen LogP contribution in [0.4, 0.5) is 4.79 Å². The van der Waals surface area contributed by atoms with E-state index >= 15 is 0 Å². The van der Waals surface area contributed by atoms with Gasteiger partial charge in [0.25, 0.3) is 0 Å². The minimum atomic E-state index is -0.466. The number of ether oxygens (including phenoxy) is 1. The fourth-order valence-electron chi connectivity index (χ4n) is 2.29. The van der Waals surface area contributed by atoms with Gasteiger partial charge in [0.2, 0.25) is 0 Å². The van der Waals surface area contributed by atoms with Crippen LogP contribution in [0, 0.1) is 0 Å². The summed E-state index contributed by atoms with van der Waals surface area (Å²) in [5.41, 5.74) is 3.14. The van der Waals surface area contributed by atoms with Crippen LogP contribution in [0.5, 0.6) is 0 Å². The number of benzene rings is 1. The number of hydrogen-bond donors (Lipinski definition) is 2. The summed E-state index contributed by atoms with van der Waals surface area (Å²) in [6.07, 6.45) is 2.25. The van der Waals surface area contributed by atoms with E-state index in [1.54, 1.807) is 0 Å². The lowest BCUT2D eigenvalue weighted by Crippen LogP contribution is -2.27. The van der Waals surface area contributed by atoms with Gasteiger partial charge < -0.3 is 15.4 Å². The van der Waals surface area contributed by atoms with Crippen molar-refractivity contribution in [1.29, 1.82) is 0 Å². The molecule has 0 fully saturated rings. The monoisotopic (exact) mass is 298 g/mol. The summed E-state index contributed by atoms with van der Waals surface area (Å²) < 4.78 is 5.15. The number of nitrogens with one attached hydrogen (secondary N) is 2. The lowest BCUT2D eigenvalue weighted by Gasteiger charge is -2.16. The highest BCUT2D eigenvalue weighted by atomic mass is 16.5. The van der Waals surface area contributed by atoms with E-state index in [0.717, 1.165) is 36.3 Å². The van der Waals surface area contributed by atoms with Crippen LogP contribution in [0.3, 0.4) is 0 Å². The van der Waals surface area contributed by atoms with Gasteiger partial charge in [0.15, 0.2) is 0 Å². The molecule has 6 nitrogen and oxygen atoms in total. The van der Waals surface area contributed by atoms with Crippen molar-refractivity contribution in [1.82, 2.24) is 20.6 Å². The van der Waals surface area contributed by atoms with Crippen molar-refractivity contribution in [2.75, 3.05) is 6.54 Å². The molecule has 1 amide bonds. The number of fused-ring (bicyclic) bond motifs is 1. The molecule has 0 bridgehead atoms. The van der Waals surface area contributed by atoms with Crippen molar-refractivity contribution in [2.24, 2.45) is 0 Å². The van der Waals surface area contributed by atoms with Crippen LogP contribution in [0.15, 0.2) is 36.5 Å². The third kappa shape index (κ3) is 3.79. The molecule has 2 aromatic rings. The molecule has 3 rings (SSSR count). The topological polar surface area (TPSA) is 76.1 Å². The molecule has 2 heterocycles. The van der Waals surface area contributed by atoms with Gasteiger partial charge >= 0.3 is 6.09 Å². The highest BCUT2D eigenvalue weighted by molar-refractivity contribution is 5.67. The number of aromatic nitrogens is 2. The molecule has 6 heteroatoms. The van der Waals surface area contributed by atoms with E-state index in [1.165, 1.54) is 0 Å². The third-order valence-corrected chi connectivity index (χ3v) is 3.46. The molecule has 1 aliphatic heterocycles. The van der Waals surface area contributed by atoms with Gasteiger partial charge in [-0.2, -0.15) is 0 Å². The van der Waals surface area contributed by atoms with Gasteiger partial charge in [-0.05, 0) is 5.56 Å². The number of rotatable bonds is 4. The Kier molecular flexibility index (Phi) is 4.60. The van der Waals surface area contributed by atoms with Crippen molar-refractivity contribution >= 4 is 6.09 Å². The standard InChI is InChI=1S/C16H18N4O2/c21-16(22-11-12-4-2-1-3-5-12)19-10-15-18-9-13-8-17-7-6-14(13)20-15/h1-5,9,17H,6-8,10-11H2,(H,19,21). The molecule has 0 atom stereocenters. The maximum atomic E-state index is 11.7. The normalized spacial score (nSPS) is 13.3. The number of hydrogen-bond acceptors (Lipinski definition) is 5. The van der Waals surface area contributed by atoms with Gasteiger partial charge in [-0.1, -0.05) is 30.3 Å². The quantitative estimate of drug-likeness (QED) is 0.895. The molecule has 0 spiro atoms. The predicted octanol–water partition coefficient (Wildman–Crippen LogP) is 1.55. The molecule has 0 saturated carbocycles. The first-order valence-electron chi connectivity index (χ1n) is 7.30. The Labute approximate surface area is 128 Å². The summed E-state index contributed by atoms with van der Waals surface area (Å²) in [5, 5.41) is 5.95. The second-order valence-corrected chi connectivity index (χ2v) is 5.10. The zero-order valence-electron chi connectivity index (χ0n) is 12.2. The Morgan fingerprint density at radius 1 is 1.32 bits per heavy atom. The second kappa shape index (κ2) is 7.00. The van der Waals surface area contributed by atoms with Crippen LogP contribution >= 0.6 is 0 Å². The number of alkyl carbamates (subject to hydrolysis) is 1. The van der Waals surface area contributed by atoms with Gasteiger partial charge in [0, 0.05) is 37.0 Å². The Morgan fingerprint density at radius 2 is 2.18 bits per heavy atom. The molecular formula is C16H18N4O2. The van der Waals surface area contributed by atoms with Gasteiger partial charge in [-0.15, -0.1) is 0 Å². The summed E-state index contributed by atoms with van der Waals surface area (Å²) in [4.78, 5) is 20.4. The van der Waals surface area contributed by atoms with Crippen molar-refractivity contribution in [3.63, 3.8) is 0 Å². The number of carbonyl (C=O) groups excluding carboxylic acids is 1. The summed E-state index contributed by atoms with van der Waals surface area (Å²) in [5.74, 6) is 0.609. The number of nitrogens with zero attached hydrogens (tertiary/aromatic N) is 2. The summed E-state index contributed by atoms with van der Waals surface area (Å²) in [6, 6.07) is 9.56. The van der Waals surface area contributed by atoms with Gasteiger partial charge in [0.05, 0.1) is 6.54 Å². The molecular weight excluding hydrogens is 280 g/mol. The summed E-state index contributed by atoms with van der Waals surface area (Å²) in [7, 11) is 0. The van der Waals surface area contributed by atoms with Crippen LogP contribution in [-0.4, -0.2) is 22.6 Å². The molecule has 0 saturated heterocycles. The maximum Gasteiger partial charge on any atom is 0.407 e. The number of amides is 1. The van der Waals surface area contributed by atoms with E-state index < -0.39 is 6.09 Å². The Hall–Kier alpha value is -2.47. The van der Waals surface area contributed by atoms with E-state index in [4.69, 9.17) is 4.74 Å². The zero-order valence-corrected chi connectivity index (χ0v) is 12.2. The lowest BCUT2D eigenvalue weighted by molar-refractivity contribution is 0.139. The molecule has 0 unspecified atom stereocenters. The second-order valence-electron chi connectivity index (χ2n) is 5.10. The minimum Gasteiger partial charge on any atom is -0.445 e. The van der Waals surface area contributed by atoms with Crippen LogP contribution in [0.1, 0.15) is 22.6 Å². The van der Waals surface area contributed by atoms with Crippen LogP contribution < -0.4 is 10.6 Å². The first kappa shape index (κ1) is 14.5. The largest absolute Gasteiger partial charge is 0.445 e. The fraction of sp³-hybridized carbons (Fsp3) is 0.312. The Bertz CT molecular complexity index is 646. The van der Waals surface area contributed by atoms with Crippen molar-refractivity contribution < 1.29 is 9.53 Å². The minimum absolute atomic E-state index is 0.253. The highest BCUT2D eigenvalue weighted by Gasteiger charge is 2.12. The van der Waals surface area contributed by atoms with Crippen LogP contribution in [0.2, 0.25) is 0 Å². The zero-order chi connectivity index (χ0) is 15.2. The highest BCUT2D eigenvalue weighted by Crippen LogP contribution is 2.09. The van der Waals surface area contributed by atoms with Crippen LogP contribution in [-0.2, 0) is 30.9 Å². The van der Waals surface area contributed by atoms with Gasteiger partial charge in [-0.3, -0.25) is 0 Å². The van der Waals surface area contributed by atoms with Gasteiger partial charge in [-0.25, -0.2) is 14.8 Å². The van der Waals surface area contributed by atoms with Crippen molar-refractivity contribution in [3.05, 3.63) is 59.2 Å². The average molecular weight is 298 g/mol. The average Bonchev–Trinajstić information content (AvgIpc) is 2.59. The molecule has 0 radical (unpaired) electrons. The predicted molar refractivity (Wildman–Crippen MR) is 80.9 cm³/mol. The maximum absolute atomic E-state index is 11.7. The summed E-state index contributed by atoms with van der Waals surface area (Å²) in [6.45, 7) is 2.26. The molecule has 1 aromatic carbocycles. The van der Waals surface area contributed by atoms with E-state index in [2.05, 4.69) is 20.6 Å². The van der Waals surface area contributed by atoms with Crippen molar-refractivity contribution in [3.8, 4) is 0 Å².